The second kappa shape index (κ2) is 6.35. The lowest BCUT2D eigenvalue weighted by Crippen LogP contribution is -2.48. The monoisotopic (exact) mass is 414 g/mol. The van der Waals surface area contributed by atoms with Crippen molar-refractivity contribution in [3.05, 3.63) is 51.9 Å². The molecule has 1 unspecified atom stereocenters. The van der Waals surface area contributed by atoms with Crippen LogP contribution in [0, 0.1) is 13.8 Å². The van der Waals surface area contributed by atoms with E-state index in [0.717, 1.165) is 34.3 Å². The van der Waals surface area contributed by atoms with Crippen molar-refractivity contribution in [2.45, 2.75) is 26.4 Å². The molecule has 1 aromatic carbocycles. The van der Waals surface area contributed by atoms with Crippen LogP contribution in [0.15, 0.2) is 35.1 Å². The van der Waals surface area contributed by atoms with E-state index in [0.29, 0.717) is 6.61 Å². The average molecular weight is 415 g/mol. The van der Waals surface area contributed by atoms with Crippen LogP contribution in [0.1, 0.15) is 23.7 Å². The maximum absolute atomic E-state index is 6.20. The molecule has 136 valence electrons. The highest BCUT2D eigenvalue weighted by Gasteiger charge is 2.36. The number of aromatic nitrogens is 3. The number of halogens is 1. The van der Waals surface area contributed by atoms with Crippen molar-refractivity contribution in [2.75, 3.05) is 24.6 Å². The molecule has 1 atom stereocenters. The number of fused-ring (bicyclic) bond motifs is 1. The lowest BCUT2D eigenvalue weighted by molar-refractivity contribution is -0.0465. The molecule has 0 radical (unpaired) electrons. The molecule has 4 rings (SSSR count). The third kappa shape index (κ3) is 2.91. The number of anilines is 1. The van der Waals surface area contributed by atoms with Gasteiger partial charge in [0.25, 0.3) is 0 Å². The predicted octanol–water partition coefficient (Wildman–Crippen LogP) is 4.10. The van der Waals surface area contributed by atoms with E-state index in [2.05, 4.69) is 58.8 Å². The molecule has 26 heavy (non-hydrogen) atoms. The number of hydrogen-bond donors (Lipinski definition) is 0. The zero-order valence-corrected chi connectivity index (χ0v) is 17.2. The minimum atomic E-state index is -0.380. The summed E-state index contributed by atoms with van der Waals surface area (Å²) in [7, 11) is 1.94. The molecule has 0 amide bonds. The number of ether oxygens (including phenoxy) is 1. The normalized spacial score (nSPS) is 20.7. The molecule has 3 heterocycles. The van der Waals surface area contributed by atoms with Crippen LogP contribution in [0.3, 0.4) is 0 Å². The van der Waals surface area contributed by atoms with Gasteiger partial charge >= 0.3 is 0 Å². The van der Waals surface area contributed by atoms with Gasteiger partial charge in [0, 0.05) is 40.9 Å². The Kier molecular flexibility index (Phi) is 4.28. The molecule has 5 nitrogen and oxygen atoms in total. The van der Waals surface area contributed by atoms with Crippen LogP contribution in [0.5, 0.6) is 0 Å². The van der Waals surface area contributed by atoms with Crippen LogP contribution >= 0.6 is 15.9 Å². The minimum absolute atomic E-state index is 0.380. The van der Waals surface area contributed by atoms with Gasteiger partial charge in [0.1, 0.15) is 5.60 Å². The van der Waals surface area contributed by atoms with Crippen LogP contribution < -0.4 is 4.90 Å². The quantitative estimate of drug-likeness (QED) is 0.632. The van der Waals surface area contributed by atoms with Crippen LogP contribution in [0.4, 0.5) is 5.69 Å². The Bertz CT molecular complexity index is 983. The van der Waals surface area contributed by atoms with E-state index in [1.807, 2.05) is 30.2 Å². The predicted molar refractivity (Wildman–Crippen MR) is 108 cm³/mol. The first kappa shape index (κ1) is 17.5. The van der Waals surface area contributed by atoms with E-state index < -0.39 is 0 Å². The van der Waals surface area contributed by atoms with Crippen LogP contribution in [0.25, 0.3) is 10.9 Å². The Balaban J connectivity index is 1.82. The molecule has 1 aliphatic heterocycles. The van der Waals surface area contributed by atoms with Crippen molar-refractivity contribution in [1.82, 2.24) is 14.8 Å². The molecule has 3 aromatic rings. The largest absolute Gasteiger partial charge is 0.367 e. The van der Waals surface area contributed by atoms with E-state index in [9.17, 15) is 0 Å². The van der Waals surface area contributed by atoms with Crippen LogP contribution in [-0.2, 0) is 17.4 Å². The highest BCUT2D eigenvalue weighted by Crippen LogP contribution is 2.37. The first-order chi connectivity index (χ1) is 12.4. The lowest BCUT2D eigenvalue weighted by Gasteiger charge is -2.42. The fraction of sp³-hybridized carbons (Fsp3) is 0.400. The van der Waals surface area contributed by atoms with Gasteiger partial charge in [-0.1, -0.05) is 15.9 Å². The maximum atomic E-state index is 6.20. The van der Waals surface area contributed by atoms with Gasteiger partial charge in [-0.25, -0.2) is 0 Å². The van der Waals surface area contributed by atoms with Gasteiger partial charge in [-0.05, 0) is 44.5 Å². The van der Waals surface area contributed by atoms with Crippen molar-refractivity contribution in [1.29, 1.82) is 0 Å². The van der Waals surface area contributed by atoms with E-state index >= 15 is 0 Å². The van der Waals surface area contributed by atoms with E-state index in [1.165, 1.54) is 16.6 Å². The van der Waals surface area contributed by atoms with Crippen molar-refractivity contribution in [3.63, 3.8) is 0 Å². The fourth-order valence-corrected chi connectivity index (χ4v) is 4.13. The zero-order valence-electron chi connectivity index (χ0n) is 15.6. The molecule has 0 aliphatic carbocycles. The summed E-state index contributed by atoms with van der Waals surface area (Å²) in [6.07, 6.45) is 3.95. The molecule has 2 aromatic heterocycles. The summed E-state index contributed by atoms with van der Waals surface area (Å²) in [4.78, 5) is 7.22. The second-order valence-corrected chi connectivity index (χ2v) is 8.15. The van der Waals surface area contributed by atoms with Crippen molar-refractivity contribution >= 4 is 32.5 Å². The Hall–Kier alpha value is -1.92. The molecular weight excluding hydrogens is 392 g/mol. The summed E-state index contributed by atoms with van der Waals surface area (Å²) >= 11 is 3.61. The SMILES string of the molecule is Cc1nc2ccc(Br)cc2c(N2CCOC(C)(c3cnn(C)c3)C2)c1C. The topological polar surface area (TPSA) is 43.2 Å². The number of nitrogens with zero attached hydrogens (tertiary/aromatic N) is 4. The van der Waals surface area contributed by atoms with Gasteiger partial charge in [0.05, 0.1) is 30.6 Å². The first-order valence-corrected chi connectivity index (χ1v) is 9.61. The summed E-state index contributed by atoms with van der Waals surface area (Å²) in [5, 5.41) is 5.51. The number of rotatable bonds is 2. The molecule has 1 aliphatic rings. The standard InChI is InChI=1S/C20H23BrN4O/c1-13-14(2)23-18-6-5-16(21)9-17(18)19(13)25-7-8-26-20(3,12-25)15-10-22-24(4)11-15/h5-6,9-11H,7-8,12H2,1-4H3. The van der Waals surface area contributed by atoms with Gasteiger partial charge in [0.15, 0.2) is 0 Å². The van der Waals surface area contributed by atoms with Gasteiger partial charge < -0.3 is 9.64 Å². The van der Waals surface area contributed by atoms with Crippen LogP contribution in [-0.4, -0.2) is 34.5 Å². The first-order valence-electron chi connectivity index (χ1n) is 8.82. The Labute approximate surface area is 162 Å². The third-order valence-electron chi connectivity index (χ3n) is 5.31. The highest BCUT2D eigenvalue weighted by molar-refractivity contribution is 9.10. The summed E-state index contributed by atoms with van der Waals surface area (Å²) in [6, 6.07) is 6.30. The van der Waals surface area contributed by atoms with Crippen LogP contribution in [0.2, 0.25) is 0 Å². The van der Waals surface area contributed by atoms with Crippen molar-refractivity contribution < 1.29 is 4.74 Å². The summed E-state index contributed by atoms with van der Waals surface area (Å²) in [5.74, 6) is 0. The second-order valence-electron chi connectivity index (χ2n) is 7.24. The highest BCUT2D eigenvalue weighted by atomic mass is 79.9. The molecule has 1 fully saturated rings. The Morgan fingerprint density at radius 1 is 1.27 bits per heavy atom. The van der Waals surface area contributed by atoms with E-state index in [1.54, 1.807) is 0 Å². The number of hydrogen-bond acceptors (Lipinski definition) is 4. The maximum Gasteiger partial charge on any atom is 0.111 e. The van der Waals surface area contributed by atoms with Crippen molar-refractivity contribution in [3.8, 4) is 0 Å². The smallest absolute Gasteiger partial charge is 0.111 e. The molecule has 6 heteroatoms. The fourth-order valence-electron chi connectivity index (χ4n) is 3.77. The molecular formula is C20H23BrN4O. The van der Waals surface area contributed by atoms with E-state index in [-0.39, 0.29) is 5.60 Å². The van der Waals surface area contributed by atoms with Crippen molar-refractivity contribution in [2.24, 2.45) is 7.05 Å². The number of morpholine rings is 1. The summed E-state index contributed by atoms with van der Waals surface area (Å²) < 4.78 is 9.10. The number of pyridine rings is 1. The Morgan fingerprint density at radius 2 is 2.08 bits per heavy atom. The molecule has 0 saturated carbocycles. The summed E-state index contributed by atoms with van der Waals surface area (Å²) in [6.45, 7) is 8.72. The molecule has 0 bridgehead atoms. The van der Waals surface area contributed by atoms with E-state index in [4.69, 9.17) is 9.72 Å². The van der Waals surface area contributed by atoms with Gasteiger partial charge in [-0.3, -0.25) is 9.67 Å². The number of benzene rings is 1. The van der Waals surface area contributed by atoms with Gasteiger partial charge in [-0.15, -0.1) is 0 Å². The summed E-state index contributed by atoms with van der Waals surface area (Å²) in [5.41, 5.74) is 5.32. The van der Waals surface area contributed by atoms with Gasteiger partial charge in [0.2, 0.25) is 0 Å². The molecule has 0 spiro atoms. The average Bonchev–Trinajstić information content (AvgIpc) is 3.04. The zero-order chi connectivity index (χ0) is 18.5. The minimum Gasteiger partial charge on any atom is -0.367 e. The van der Waals surface area contributed by atoms with Gasteiger partial charge in [-0.2, -0.15) is 5.10 Å². The molecule has 0 N–H and O–H groups in total. The lowest BCUT2D eigenvalue weighted by atomic mass is 9.95. The molecule has 1 saturated heterocycles. The Morgan fingerprint density at radius 3 is 2.81 bits per heavy atom. The third-order valence-corrected chi connectivity index (χ3v) is 5.80. The number of aryl methyl sites for hydroxylation is 2.